The average molecular weight is 304 g/mol. The first-order valence-electron chi connectivity index (χ1n) is 7.03. The number of rotatable bonds is 4. The second-order valence-corrected chi connectivity index (χ2v) is 6.82. The summed E-state index contributed by atoms with van der Waals surface area (Å²) in [6.07, 6.45) is 3.34. The second kappa shape index (κ2) is 5.56. The number of carbonyl (C=O) groups is 1. The largest absolute Gasteiger partial charge is 0.302 e. The summed E-state index contributed by atoms with van der Waals surface area (Å²) in [5.41, 5.74) is 1.56. The van der Waals surface area contributed by atoms with E-state index < -0.39 is 0 Å². The quantitative estimate of drug-likeness (QED) is 0.934. The molecule has 0 radical (unpaired) electrons. The van der Waals surface area contributed by atoms with Crippen LogP contribution in [-0.2, 0) is 11.2 Å². The average Bonchev–Trinajstić information content (AvgIpc) is 3.01. The van der Waals surface area contributed by atoms with Crippen LogP contribution in [0.5, 0.6) is 0 Å². The zero-order chi connectivity index (χ0) is 15.0. The third-order valence-corrected chi connectivity index (χ3v) is 4.76. The Hall–Kier alpha value is -1.75. The van der Waals surface area contributed by atoms with Gasteiger partial charge in [0, 0.05) is 23.4 Å². The molecule has 0 saturated heterocycles. The van der Waals surface area contributed by atoms with Gasteiger partial charge in [0.05, 0.1) is 0 Å². The van der Waals surface area contributed by atoms with Crippen molar-refractivity contribution < 1.29 is 9.18 Å². The molecule has 1 aliphatic rings. The molecule has 1 N–H and O–H groups in total. The van der Waals surface area contributed by atoms with Gasteiger partial charge in [0.15, 0.2) is 5.13 Å². The molecular formula is C16H17FN2OS. The first kappa shape index (κ1) is 14.2. The van der Waals surface area contributed by atoms with Crippen molar-refractivity contribution in [2.45, 2.75) is 26.7 Å². The Bertz CT molecular complexity index is 683. The molecule has 3 rings (SSSR count). The highest BCUT2D eigenvalue weighted by Gasteiger charge is 2.39. The molecule has 0 bridgehead atoms. The van der Waals surface area contributed by atoms with Crippen LogP contribution in [-0.4, -0.2) is 10.9 Å². The van der Waals surface area contributed by atoms with Gasteiger partial charge in [-0.25, -0.2) is 9.37 Å². The van der Waals surface area contributed by atoms with E-state index in [0.717, 1.165) is 16.9 Å². The molecule has 110 valence electrons. The normalized spacial score (nSPS) is 20.3. The molecule has 2 unspecified atom stereocenters. The predicted octanol–water partition coefficient (Wildman–Crippen LogP) is 3.78. The van der Waals surface area contributed by atoms with Crippen molar-refractivity contribution in [2.75, 3.05) is 5.32 Å². The Kier molecular flexibility index (Phi) is 3.76. The molecule has 0 aliphatic heterocycles. The highest BCUT2D eigenvalue weighted by Crippen LogP contribution is 2.38. The number of aryl methyl sites for hydroxylation is 1. The van der Waals surface area contributed by atoms with E-state index in [1.807, 2.05) is 6.07 Å². The van der Waals surface area contributed by atoms with Gasteiger partial charge in [0.25, 0.3) is 0 Å². The number of aromatic nitrogens is 1. The standard InChI is InChI=1S/C16H17FN2OS/c1-9-3-4-11(7-14(9)17)6-12-8-18-16(21-12)19-15(20)13-5-10(13)2/h3-4,7-8,10,13H,5-6H2,1-2H3,(H,18,19,20). The number of nitrogens with one attached hydrogen (secondary N) is 1. The van der Waals surface area contributed by atoms with Crippen molar-refractivity contribution in [3.63, 3.8) is 0 Å². The molecular weight excluding hydrogens is 287 g/mol. The van der Waals surface area contributed by atoms with Crippen LogP contribution in [0.25, 0.3) is 0 Å². The fraction of sp³-hybridized carbons (Fsp3) is 0.375. The molecule has 1 fully saturated rings. The lowest BCUT2D eigenvalue weighted by molar-refractivity contribution is -0.117. The van der Waals surface area contributed by atoms with Crippen LogP contribution in [0.3, 0.4) is 0 Å². The molecule has 0 spiro atoms. The van der Waals surface area contributed by atoms with Gasteiger partial charge in [-0.2, -0.15) is 0 Å². The minimum absolute atomic E-state index is 0.0600. The molecule has 2 aromatic rings. The minimum Gasteiger partial charge on any atom is -0.302 e. The number of halogens is 1. The van der Waals surface area contributed by atoms with Gasteiger partial charge >= 0.3 is 0 Å². The van der Waals surface area contributed by atoms with E-state index in [4.69, 9.17) is 0 Å². The molecule has 1 heterocycles. The summed E-state index contributed by atoms with van der Waals surface area (Å²) < 4.78 is 13.5. The van der Waals surface area contributed by atoms with Crippen LogP contribution in [0.2, 0.25) is 0 Å². The number of hydrogen-bond acceptors (Lipinski definition) is 3. The van der Waals surface area contributed by atoms with Crippen molar-refractivity contribution in [3.8, 4) is 0 Å². The van der Waals surface area contributed by atoms with Crippen molar-refractivity contribution in [2.24, 2.45) is 11.8 Å². The molecule has 1 amide bonds. The van der Waals surface area contributed by atoms with Gasteiger partial charge < -0.3 is 5.32 Å². The lowest BCUT2D eigenvalue weighted by atomic mass is 10.1. The molecule has 21 heavy (non-hydrogen) atoms. The van der Waals surface area contributed by atoms with Crippen molar-refractivity contribution in [1.82, 2.24) is 4.98 Å². The number of amides is 1. The molecule has 5 heteroatoms. The number of thiazole rings is 1. The lowest BCUT2D eigenvalue weighted by Crippen LogP contribution is -2.13. The summed E-state index contributed by atoms with van der Waals surface area (Å²) in [7, 11) is 0. The number of nitrogens with zero attached hydrogens (tertiary/aromatic N) is 1. The second-order valence-electron chi connectivity index (χ2n) is 5.70. The van der Waals surface area contributed by atoms with Crippen molar-refractivity contribution in [3.05, 3.63) is 46.2 Å². The van der Waals surface area contributed by atoms with Gasteiger partial charge in [-0.15, -0.1) is 11.3 Å². The van der Waals surface area contributed by atoms with Crippen LogP contribution in [0.4, 0.5) is 9.52 Å². The van der Waals surface area contributed by atoms with Gasteiger partial charge in [-0.05, 0) is 36.5 Å². The highest BCUT2D eigenvalue weighted by molar-refractivity contribution is 7.15. The zero-order valence-corrected chi connectivity index (χ0v) is 12.8. The smallest absolute Gasteiger partial charge is 0.229 e. The molecule has 1 aromatic heterocycles. The van der Waals surface area contributed by atoms with Gasteiger partial charge in [0.1, 0.15) is 5.82 Å². The third kappa shape index (κ3) is 3.29. The van der Waals surface area contributed by atoms with Gasteiger partial charge in [0.2, 0.25) is 5.91 Å². The van der Waals surface area contributed by atoms with Crippen LogP contribution in [0.15, 0.2) is 24.4 Å². The van der Waals surface area contributed by atoms with Gasteiger partial charge in [-0.1, -0.05) is 19.1 Å². The van der Waals surface area contributed by atoms with E-state index in [1.54, 1.807) is 25.3 Å². The topological polar surface area (TPSA) is 42.0 Å². The first-order chi connectivity index (χ1) is 10.0. The molecule has 1 aliphatic carbocycles. The van der Waals surface area contributed by atoms with Crippen LogP contribution >= 0.6 is 11.3 Å². The summed E-state index contributed by atoms with van der Waals surface area (Å²) in [6, 6.07) is 5.25. The molecule has 1 saturated carbocycles. The Labute approximate surface area is 127 Å². The third-order valence-electron chi connectivity index (χ3n) is 3.84. The SMILES string of the molecule is Cc1ccc(Cc2cnc(NC(=O)C3CC3C)s2)cc1F. The fourth-order valence-corrected chi connectivity index (χ4v) is 3.13. The van der Waals surface area contributed by atoms with E-state index >= 15 is 0 Å². The Morgan fingerprint density at radius 2 is 2.29 bits per heavy atom. The van der Waals surface area contributed by atoms with Gasteiger partial charge in [-0.3, -0.25) is 4.79 Å². The molecule has 2 atom stereocenters. The summed E-state index contributed by atoms with van der Waals surface area (Å²) >= 11 is 1.45. The number of hydrogen-bond donors (Lipinski definition) is 1. The van der Waals surface area contributed by atoms with Crippen LogP contribution < -0.4 is 5.32 Å². The maximum Gasteiger partial charge on any atom is 0.229 e. The monoisotopic (exact) mass is 304 g/mol. The van der Waals surface area contributed by atoms with Crippen LogP contribution in [0.1, 0.15) is 29.3 Å². The maximum absolute atomic E-state index is 13.5. The summed E-state index contributed by atoms with van der Waals surface area (Å²) in [5, 5.41) is 3.48. The Morgan fingerprint density at radius 1 is 1.52 bits per heavy atom. The summed E-state index contributed by atoms with van der Waals surface area (Å²) in [6.45, 7) is 3.82. The predicted molar refractivity (Wildman–Crippen MR) is 82.0 cm³/mol. The zero-order valence-electron chi connectivity index (χ0n) is 12.0. The first-order valence-corrected chi connectivity index (χ1v) is 7.85. The van der Waals surface area contributed by atoms with Crippen molar-refractivity contribution in [1.29, 1.82) is 0 Å². The fourth-order valence-electron chi connectivity index (χ4n) is 2.28. The summed E-state index contributed by atoms with van der Waals surface area (Å²) in [4.78, 5) is 17.1. The van der Waals surface area contributed by atoms with Crippen molar-refractivity contribution >= 4 is 22.4 Å². The van der Waals surface area contributed by atoms with E-state index in [-0.39, 0.29) is 17.6 Å². The van der Waals surface area contributed by atoms with E-state index in [0.29, 0.717) is 23.0 Å². The highest BCUT2D eigenvalue weighted by atomic mass is 32.1. The number of anilines is 1. The maximum atomic E-state index is 13.5. The Morgan fingerprint density at radius 3 is 2.95 bits per heavy atom. The minimum atomic E-state index is -0.187. The number of carbonyl (C=O) groups excluding carboxylic acids is 1. The lowest BCUT2D eigenvalue weighted by Gasteiger charge is -2.01. The summed E-state index contributed by atoms with van der Waals surface area (Å²) in [5.74, 6) is 0.501. The number of benzene rings is 1. The van der Waals surface area contributed by atoms with E-state index in [2.05, 4.69) is 17.2 Å². The molecule has 1 aromatic carbocycles. The van der Waals surface area contributed by atoms with E-state index in [1.165, 1.54) is 11.3 Å². The van der Waals surface area contributed by atoms with Crippen LogP contribution in [0, 0.1) is 24.6 Å². The Balaban J connectivity index is 1.64. The van der Waals surface area contributed by atoms with E-state index in [9.17, 15) is 9.18 Å². The molecule has 3 nitrogen and oxygen atoms in total.